The summed E-state index contributed by atoms with van der Waals surface area (Å²) < 4.78 is 4.83. The van der Waals surface area contributed by atoms with Crippen LogP contribution in [0.25, 0.3) is 0 Å². The lowest BCUT2D eigenvalue weighted by atomic mass is 10.2. The molecule has 0 N–H and O–H groups in total. The molecule has 0 aliphatic rings. The molecule has 0 fully saturated rings. The highest BCUT2D eigenvalue weighted by Gasteiger charge is 2.14. The summed E-state index contributed by atoms with van der Waals surface area (Å²) in [6.07, 6.45) is 0.766. The molecule has 4 heteroatoms. The fraction of sp³-hybridized carbons (Fsp3) is 0.833. The summed E-state index contributed by atoms with van der Waals surface area (Å²) in [5.74, 6) is 0.274. The summed E-state index contributed by atoms with van der Waals surface area (Å²) in [6.45, 7) is 9.28. The predicted octanol–water partition coefficient (Wildman–Crippen LogP) is 1.83. The van der Waals surface area contributed by atoms with E-state index in [2.05, 4.69) is 13.8 Å². The molecular weight excluding hydrogens is 206 g/mol. The summed E-state index contributed by atoms with van der Waals surface area (Å²) in [4.78, 5) is 24.5. The van der Waals surface area contributed by atoms with Gasteiger partial charge in [0.2, 0.25) is 5.91 Å². The van der Waals surface area contributed by atoms with Gasteiger partial charge in [0.25, 0.3) is 0 Å². The summed E-state index contributed by atoms with van der Waals surface area (Å²) >= 11 is 0. The normalized spacial score (nSPS) is 10.3. The molecule has 4 nitrogen and oxygen atoms in total. The van der Waals surface area contributed by atoms with E-state index in [1.807, 2.05) is 6.92 Å². The second-order valence-corrected chi connectivity index (χ2v) is 4.14. The molecule has 0 aliphatic carbocycles. The van der Waals surface area contributed by atoms with Crippen molar-refractivity contribution in [2.24, 2.45) is 5.92 Å². The van der Waals surface area contributed by atoms with E-state index in [4.69, 9.17) is 4.74 Å². The van der Waals surface area contributed by atoms with Gasteiger partial charge < -0.3 is 9.64 Å². The fourth-order valence-electron chi connectivity index (χ4n) is 1.44. The van der Waals surface area contributed by atoms with Crippen molar-refractivity contribution < 1.29 is 14.3 Å². The largest absolute Gasteiger partial charge is 0.466 e. The second kappa shape index (κ2) is 8.13. The van der Waals surface area contributed by atoms with Gasteiger partial charge >= 0.3 is 5.97 Å². The lowest BCUT2D eigenvalue weighted by molar-refractivity contribution is -0.144. The number of carbonyl (C=O) groups excluding carboxylic acids is 2. The second-order valence-electron chi connectivity index (χ2n) is 4.14. The molecule has 0 heterocycles. The van der Waals surface area contributed by atoms with Crippen molar-refractivity contribution in [3.05, 3.63) is 0 Å². The zero-order chi connectivity index (χ0) is 12.6. The zero-order valence-electron chi connectivity index (χ0n) is 10.8. The van der Waals surface area contributed by atoms with Crippen molar-refractivity contribution in [2.75, 3.05) is 19.7 Å². The van der Waals surface area contributed by atoms with Crippen LogP contribution in [-0.2, 0) is 14.3 Å². The first-order valence-electron chi connectivity index (χ1n) is 5.94. The van der Waals surface area contributed by atoms with Gasteiger partial charge in [-0.25, -0.2) is 0 Å². The number of nitrogens with zero attached hydrogens (tertiary/aromatic N) is 1. The Balaban J connectivity index is 4.11. The van der Waals surface area contributed by atoms with Crippen LogP contribution in [0, 0.1) is 5.92 Å². The van der Waals surface area contributed by atoms with Gasteiger partial charge in [0.15, 0.2) is 0 Å². The smallest absolute Gasteiger partial charge is 0.307 e. The van der Waals surface area contributed by atoms with Crippen LogP contribution in [0.15, 0.2) is 0 Å². The Morgan fingerprint density at radius 1 is 1.25 bits per heavy atom. The van der Waals surface area contributed by atoms with Crippen molar-refractivity contribution in [1.82, 2.24) is 4.90 Å². The van der Waals surface area contributed by atoms with Gasteiger partial charge in [0.05, 0.1) is 13.0 Å². The summed E-state index contributed by atoms with van der Waals surface area (Å²) in [6, 6.07) is 0. The lowest BCUT2D eigenvalue weighted by Gasteiger charge is -2.23. The van der Waals surface area contributed by atoms with Gasteiger partial charge in [-0.15, -0.1) is 0 Å². The number of carbonyl (C=O) groups is 2. The van der Waals surface area contributed by atoms with E-state index in [1.54, 1.807) is 11.8 Å². The topological polar surface area (TPSA) is 46.6 Å². The molecule has 0 bridgehead atoms. The van der Waals surface area contributed by atoms with E-state index < -0.39 is 0 Å². The van der Waals surface area contributed by atoms with Crippen molar-refractivity contribution in [2.45, 2.75) is 40.5 Å². The molecular formula is C12H23NO3. The molecule has 0 aromatic carbocycles. The monoisotopic (exact) mass is 229 g/mol. The van der Waals surface area contributed by atoms with Crippen LogP contribution in [0.5, 0.6) is 0 Å². The highest BCUT2D eigenvalue weighted by Crippen LogP contribution is 2.03. The van der Waals surface area contributed by atoms with Crippen molar-refractivity contribution in [1.29, 1.82) is 0 Å². The van der Waals surface area contributed by atoms with Gasteiger partial charge in [-0.3, -0.25) is 9.59 Å². The molecule has 1 amide bonds. The molecule has 0 rings (SSSR count). The Morgan fingerprint density at radius 2 is 1.88 bits per heavy atom. The third-order valence-electron chi connectivity index (χ3n) is 2.13. The Morgan fingerprint density at radius 3 is 2.31 bits per heavy atom. The number of hydrogen-bond donors (Lipinski definition) is 0. The van der Waals surface area contributed by atoms with Gasteiger partial charge in [-0.2, -0.15) is 0 Å². The minimum absolute atomic E-state index is 0.0954. The highest BCUT2D eigenvalue weighted by atomic mass is 16.5. The summed E-state index contributed by atoms with van der Waals surface area (Å²) in [7, 11) is 0. The molecule has 0 unspecified atom stereocenters. The standard InChI is InChI=1S/C12H23NO3/c1-5-11(14)13(9-10(3)4)8-7-12(15)16-6-2/h10H,5-9H2,1-4H3. The van der Waals surface area contributed by atoms with E-state index in [0.717, 1.165) is 0 Å². The molecule has 0 aliphatic heterocycles. The maximum Gasteiger partial charge on any atom is 0.307 e. The third kappa shape index (κ3) is 6.43. The maximum absolute atomic E-state index is 11.6. The minimum atomic E-state index is -0.236. The number of hydrogen-bond acceptors (Lipinski definition) is 3. The molecule has 0 saturated carbocycles. The van der Waals surface area contributed by atoms with Gasteiger partial charge in [0, 0.05) is 19.5 Å². The van der Waals surface area contributed by atoms with Gasteiger partial charge in [-0.05, 0) is 12.8 Å². The Hall–Kier alpha value is -1.06. The average molecular weight is 229 g/mol. The minimum Gasteiger partial charge on any atom is -0.466 e. The van der Waals surface area contributed by atoms with Crippen molar-refractivity contribution >= 4 is 11.9 Å². The number of esters is 1. The van der Waals surface area contributed by atoms with Crippen LogP contribution in [0.3, 0.4) is 0 Å². The SMILES string of the molecule is CCOC(=O)CCN(CC(C)C)C(=O)CC. The Kier molecular flexibility index (Phi) is 7.60. The van der Waals surface area contributed by atoms with Crippen LogP contribution in [-0.4, -0.2) is 36.5 Å². The first kappa shape index (κ1) is 14.9. The number of amides is 1. The number of rotatable bonds is 7. The first-order valence-corrected chi connectivity index (χ1v) is 5.94. The quantitative estimate of drug-likeness (QED) is 0.626. The third-order valence-corrected chi connectivity index (χ3v) is 2.13. The van der Waals surface area contributed by atoms with Gasteiger partial charge in [-0.1, -0.05) is 20.8 Å². The van der Waals surface area contributed by atoms with Crippen LogP contribution in [0.4, 0.5) is 0 Å². The molecule has 0 atom stereocenters. The van der Waals surface area contributed by atoms with Crippen molar-refractivity contribution in [3.8, 4) is 0 Å². The van der Waals surface area contributed by atoms with E-state index in [9.17, 15) is 9.59 Å². The summed E-state index contributed by atoms with van der Waals surface area (Å²) in [5.41, 5.74) is 0. The van der Waals surface area contributed by atoms with Crippen LogP contribution in [0.2, 0.25) is 0 Å². The van der Waals surface area contributed by atoms with Crippen LogP contribution < -0.4 is 0 Å². The maximum atomic E-state index is 11.6. The average Bonchev–Trinajstić information content (AvgIpc) is 2.23. The van der Waals surface area contributed by atoms with Gasteiger partial charge in [0.1, 0.15) is 0 Å². The molecule has 0 spiro atoms. The number of ether oxygens (including phenoxy) is 1. The predicted molar refractivity (Wildman–Crippen MR) is 63.0 cm³/mol. The Labute approximate surface area is 98.0 Å². The molecule has 16 heavy (non-hydrogen) atoms. The summed E-state index contributed by atoms with van der Waals surface area (Å²) in [5, 5.41) is 0. The molecule has 0 aromatic heterocycles. The van der Waals surface area contributed by atoms with Crippen molar-refractivity contribution in [3.63, 3.8) is 0 Å². The van der Waals surface area contributed by atoms with E-state index in [1.165, 1.54) is 0 Å². The molecule has 94 valence electrons. The lowest BCUT2D eigenvalue weighted by Crippen LogP contribution is -2.35. The van der Waals surface area contributed by atoms with Crippen LogP contribution in [0.1, 0.15) is 40.5 Å². The molecule has 0 saturated heterocycles. The first-order chi connectivity index (χ1) is 7.51. The van der Waals surface area contributed by atoms with E-state index >= 15 is 0 Å². The fourth-order valence-corrected chi connectivity index (χ4v) is 1.44. The Bertz CT molecular complexity index is 226. The van der Waals surface area contributed by atoms with Crippen LogP contribution >= 0.6 is 0 Å². The zero-order valence-corrected chi connectivity index (χ0v) is 10.8. The molecule has 0 aromatic rings. The van der Waals surface area contributed by atoms with E-state index in [0.29, 0.717) is 32.0 Å². The molecule has 0 radical (unpaired) electrons. The highest BCUT2D eigenvalue weighted by molar-refractivity contribution is 5.77. The van der Waals surface area contributed by atoms with E-state index in [-0.39, 0.29) is 18.3 Å².